The maximum atomic E-state index is 13.9. The maximum Gasteiger partial charge on any atom is 0.269 e. The van der Waals surface area contributed by atoms with Crippen molar-refractivity contribution in [1.82, 2.24) is 25.0 Å². The lowest BCUT2D eigenvalue weighted by Crippen LogP contribution is -2.48. The number of amides is 2. The summed E-state index contributed by atoms with van der Waals surface area (Å²) in [5, 5.41) is 16.5. The number of nitro groups is 1. The molecule has 2 aliphatic heterocycles. The lowest BCUT2D eigenvalue weighted by atomic mass is 10.1. The molecule has 2 atom stereocenters. The number of hydrogen-bond acceptors (Lipinski definition) is 8. The summed E-state index contributed by atoms with van der Waals surface area (Å²) in [6, 6.07) is 13.5. The first-order valence-electron chi connectivity index (χ1n) is 13.2. The van der Waals surface area contributed by atoms with Gasteiger partial charge in [0, 0.05) is 74.7 Å². The van der Waals surface area contributed by atoms with Gasteiger partial charge >= 0.3 is 0 Å². The zero-order valence-corrected chi connectivity index (χ0v) is 22.5. The summed E-state index contributed by atoms with van der Waals surface area (Å²) in [4.78, 5) is 49.5. The molecule has 2 unspecified atom stereocenters. The van der Waals surface area contributed by atoms with Gasteiger partial charge in [-0.05, 0) is 48.5 Å². The predicted octanol–water partition coefficient (Wildman–Crippen LogP) is 3.16. The zero-order chi connectivity index (χ0) is 27.2. The highest BCUT2D eigenvalue weighted by Gasteiger charge is 2.43. The fraction of sp³-hybridized carbons (Fsp3) is 0.393. The number of likely N-dealkylation sites (tertiary alicyclic amines) is 1. The number of non-ortho nitro benzene ring substituents is 1. The van der Waals surface area contributed by atoms with E-state index in [0.717, 1.165) is 25.1 Å². The Morgan fingerprint density at radius 2 is 1.95 bits per heavy atom. The van der Waals surface area contributed by atoms with E-state index in [2.05, 4.69) is 21.3 Å². The Morgan fingerprint density at radius 3 is 2.67 bits per heavy atom. The second-order valence-corrected chi connectivity index (χ2v) is 11.0. The highest BCUT2D eigenvalue weighted by Crippen LogP contribution is 2.29. The number of nitrogens with zero attached hydrogens (tertiary/aromatic N) is 5. The summed E-state index contributed by atoms with van der Waals surface area (Å²) in [6.45, 7) is 4.52. The molecule has 4 heterocycles. The molecular formula is C28H32N6O4S. The molecule has 5 rings (SSSR count). The molecule has 0 saturated carbocycles. The van der Waals surface area contributed by atoms with E-state index in [0.29, 0.717) is 44.7 Å². The van der Waals surface area contributed by atoms with Crippen LogP contribution in [0.2, 0.25) is 0 Å². The number of aromatic nitrogens is 1. The van der Waals surface area contributed by atoms with Gasteiger partial charge in [0.05, 0.1) is 10.5 Å². The molecule has 0 radical (unpaired) electrons. The molecule has 2 saturated heterocycles. The Labute approximate surface area is 231 Å². The van der Waals surface area contributed by atoms with Crippen molar-refractivity contribution in [2.24, 2.45) is 0 Å². The number of hydrogen-bond donors (Lipinski definition) is 1. The lowest BCUT2D eigenvalue weighted by molar-refractivity contribution is -0.384. The van der Waals surface area contributed by atoms with Gasteiger partial charge in [-0.15, -0.1) is 11.3 Å². The zero-order valence-electron chi connectivity index (χ0n) is 21.6. The van der Waals surface area contributed by atoms with Crippen LogP contribution in [0.1, 0.15) is 33.6 Å². The normalized spacial score (nSPS) is 19.7. The number of carbonyl (C=O) groups excluding carboxylic acids is 2. The molecule has 0 spiro atoms. The second-order valence-electron chi connectivity index (χ2n) is 9.94. The Morgan fingerprint density at radius 1 is 1.10 bits per heavy atom. The Hall–Kier alpha value is -3.67. The summed E-state index contributed by atoms with van der Waals surface area (Å²) >= 11 is 1.66. The molecule has 204 valence electrons. The average Bonchev–Trinajstić information content (AvgIpc) is 3.56. The van der Waals surface area contributed by atoms with Crippen molar-refractivity contribution in [3.63, 3.8) is 0 Å². The molecule has 0 aliphatic carbocycles. The smallest absolute Gasteiger partial charge is 0.269 e. The van der Waals surface area contributed by atoms with Gasteiger partial charge in [-0.2, -0.15) is 0 Å². The number of rotatable bonds is 8. The summed E-state index contributed by atoms with van der Waals surface area (Å²) in [6.07, 6.45) is 4.58. The van der Waals surface area contributed by atoms with Crippen LogP contribution in [0.25, 0.3) is 0 Å². The van der Waals surface area contributed by atoms with E-state index in [1.807, 2.05) is 16.3 Å². The Kier molecular flexibility index (Phi) is 8.60. The first-order chi connectivity index (χ1) is 19.0. The Balaban J connectivity index is 1.42. The molecule has 39 heavy (non-hydrogen) atoms. The molecule has 1 N–H and O–H groups in total. The summed E-state index contributed by atoms with van der Waals surface area (Å²) < 4.78 is 0. The number of nitro benzene ring substituents is 1. The fourth-order valence-corrected chi connectivity index (χ4v) is 6.07. The van der Waals surface area contributed by atoms with Crippen molar-refractivity contribution in [3.8, 4) is 0 Å². The molecule has 10 nitrogen and oxygen atoms in total. The Bertz CT molecular complexity index is 1260. The molecule has 3 aromatic rings. The standard InChI is InChI=1S/C28H32N6O4S/c35-27(22-4-1-10-30-17-22)33-19-24(16-26(33)28(36)31-13-3-11-29-12-14-31)32(20-25-5-2-15-39-25)18-21-6-8-23(9-7-21)34(37)38/h1-2,4-10,15,17,24,26,29H,3,11-14,16,18-20H2. The summed E-state index contributed by atoms with van der Waals surface area (Å²) in [5.74, 6) is -0.201. The molecule has 1 aromatic carbocycles. The van der Waals surface area contributed by atoms with Crippen LogP contribution in [-0.2, 0) is 17.9 Å². The van der Waals surface area contributed by atoms with Crippen molar-refractivity contribution >= 4 is 28.8 Å². The molecule has 0 bridgehead atoms. The molecule has 2 aliphatic rings. The van der Waals surface area contributed by atoms with Gasteiger partial charge in [-0.1, -0.05) is 18.2 Å². The van der Waals surface area contributed by atoms with Gasteiger partial charge < -0.3 is 15.1 Å². The minimum absolute atomic E-state index is 0.00940. The molecule has 2 fully saturated rings. The highest BCUT2D eigenvalue weighted by atomic mass is 32.1. The van der Waals surface area contributed by atoms with E-state index >= 15 is 0 Å². The van der Waals surface area contributed by atoms with E-state index in [1.165, 1.54) is 17.0 Å². The van der Waals surface area contributed by atoms with Crippen LogP contribution in [0.3, 0.4) is 0 Å². The van der Waals surface area contributed by atoms with Gasteiger partial charge in [-0.3, -0.25) is 29.6 Å². The molecule has 11 heteroatoms. The van der Waals surface area contributed by atoms with E-state index in [1.54, 1.807) is 52.9 Å². The van der Waals surface area contributed by atoms with E-state index in [4.69, 9.17) is 0 Å². The van der Waals surface area contributed by atoms with Crippen LogP contribution in [0.5, 0.6) is 0 Å². The van der Waals surface area contributed by atoms with Gasteiger partial charge in [0.25, 0.3) is 11.6 Å². The van der Waals surface area contributed by atoms with Crippen LogP contribution < -0.4 is 5.32 Å². The highest BCUT2D eigenvalue weighted by molar-refractivity contribution is 7.09. The number of pyridine rings is 1. The fourth-order valence-electron chi connectivity index (χ4n) is 5.34. The van der Waals surface area contributed by atoms with Crippen molar-refractivity contribution in [3.05, 3.63) is 92.4 Å². The van der Waals surface area contributed by atoms with Crippen molar-refractivity contribution in [1.29, 1.82) is 0 Å². The third-order valence-corrected chi connectivity index (χ3v) is 8.23. The van der Waals surface area contributed by atoms with Crippen LogP contribution in [-0.4, -0.2) is 81.2 Å². The van der Waals surface area contributed by atoms with Crippen LogP contribution in [0.15, 0.2) is 66.3 Å². The van der Waals surface area contributed by atoms with Crippen LogP contribution in [0, 0.1) is 10.1 Å². The summed E-state index contributed by atoms with van der Waals surface area (Å²) in [5.41, 5.74) is 1.46. The molecule has 2 amide bonds. The topological polar surface area (TPSA) is 112 Å². The molecular weight excluding hydrogens is 516 g/mol. The van der Waals surface area contributed by atoms with Crippen molar-refractivity contribution < 1.29 is 14.5 Å². The largest absolute Gasteiger partial charge is 0.340 e. The lowest BCUT2D eigenvalue weighted by Gasteiger charge is -2.29. The first-order valence-corrected chi connectivity index (χ1v) is 14.1. The SMILES string of the molecule is O=C(C1CC(N(Cc2ccc([N+](=O)[O-])cc2)Cc2cccs2)CN1C(=O)c1cccnc1)N1CCCNCC1. The number of carbonyl (C=O) groups is 2. The maximum absolute atomic E-state index is 13.9. The van der Waals surface area contributed by atoms with Crippen molar-refractivity contribution in [2.45, 2.75) is 38.0 Å². The number of thiophene rings is 1. The van der Waals surface area contributed by atoms with E-state index in [-0.39, 0.29) is 23.5 Å². The number of nitrogens with one attached hydrogen (secondary N) is 1. The number of benzene rings is 1. The van der Waals surface area contributed by atoms with E-state index in [9.17, 15) is 19.7 Å². The first kappa shape index (κ1) is 26.9. The quantitative estimate of drug-likeness (QED) is 0.340. The second kappa shape index (κ2) is 12.5. The van der Waals surface area contributed by atoms with E-state index < -0.39 is 11.0 Å². The third-order valence-electron chi connectivity index (χ3n) is 7.37. The predicted molar refractivity (Wildman–Crippen MR) is 148 cm³/mol. The summed E-state index contributed by atoms with van der Waals surface area (Å²) in [7, 11) is 0. The van der Waals surface area contributed by atoms with Gasteiger partial charge in [0.1, 0.15) is 6.04 Å². The van der Waals surface area contributed by atoms with Crippen LogP contribution in [0.4, 0.5) is 5.69 Å². The molecule has 2 aromatic heterocycles. The minimum atomic E-state index is -0.566. The van der Waals surface area contributed by atoms with Gasteiger partial charge in [0.15, 0.2) is 0 Å². The van der Waals surface area contributed by atoms with Gasteiger partial charge in [0.2, 0.25) is 5.91 Å². The van der Waals surface area contributed by atoms with Crippen LogP contribution >= 0.6 is 11.3 Å². The van der Waals surface area contributed by atoms with Crippen molar-refractivity contribution in [2.75, 3.05) is 32.7 Å². The van der Waals surface area contributed by atoms with Gasteiger partial charge in [-0.25, -0.2) is 0 Å². The average molecular weight is 549 g/mol. The third kappa shape index (κ3) is 6.49. The minimum Gasteiger partial charge on any atom is -0.340 e. The monoisotopic (exact) mass is 548 g/mol.